The molecule has 2 aliphatic heterocycles. The first-order valence-electron chi connectivity index (χ1n) is 14.9. The lowest BCUT2D eigenvalue weighted by molar-refractivity contribution is 0.0219. The quantitative estimate of drug-likeness (QED) is 0.505. The first-order valence-corrected chi connectivity index (χ1v) is 14.9. The molecular formula is C31H41N7O5. The van der Waals surface area contributed by atoms with Gasteiger partial charge in [-0.25, -0.2) is 9.59 Å². The molecule has 1 aromatic heterocycles. The van der Waals surface area contributed by atoms with Crippen LogP contribution in [0.2, 0.25) is 0 Å². The maximum absolute atomic E-state index is 13.1. The molecule has 12 heteroatoms. The lowest BCUT2D eigenvalue weighted by Crippen LogP contribution is -2.56. The van der Waals surface area contributed by atoms with Crippen LogP contribution in [0.1, 0.15) is 63.3 Å². The highest BCUT2D eigenvalue weighted by atomic mass is 16.6. The summed E-state index contributed by atoms with van der Waals surface area (Å²) in [5.41, 5.74) is 7.92. The highest BCUT2D eigenvalue weighted by Crippen LogP contribution is 2.33. The Kier molecular flexibility index (Phi) is 8.92. The molecule has 0 bridgehead atoms. The van der Waals surface area contributed by atoms with Crippen LogP contribution in [0.5, 0.6) is 6.01 Å². The maximum atomic E-state index is 13.1. The summed E-state index contributed by atoms with van der Waals surface area (Å²) in [7, 11) is 0. The van der Waals surface area contributed by atoms with E-state index in [1.807, 2.05) is 51.1 Å². The van der Waals surface area contributed by atoms with Crippen molar-refractivity contribution >= 4 is 18.0 Å². The molecule has 1 saturated carbocycles. The molecule has 43 heavy (non-hydrogen) atoms. The van der Waals surface area contributed by atoms with Gasteiger partial charge in [-0.3, -0.25) is 0 Å². The van der Waals surface area contributed by atoms with Gasteiger partial charge in [0.25, 0.3) is 0 Å². The summed E-state index contributed by atoms with van der Waals surface area (Å²) in [4.78, 5) is 40.8. The molecule has 12 nitrogen and oxygen atoms in total. The van der Waals surface area contributed by atoms with Crippen LogP contribution >= 0.6 is 0 Å². The molecule has 1 saturated heterocycles. The van der Waals surface area contributed by atoms with E-state index in [9.17, 15) is 14.9 Å². The Morgan fingerprint density at radius 1 is 1.12 bits per heavy atom. The second-order valence-electron chi connectivity index (χ2n) is 12.6. The number of carbonyl (C=O) groups excluding carboxylic acids is 2. The first kappa shape index (κ1) is 30.4. The van der Waals surface area contributed by atoms with Crippen LogP contribution in [0.3, 0.4) is 0 Å². The summed E-state index contributed by atoms with van der Waals surface area (Å²) in [6.45, 7) is 7.96. The van der Waals surface area contributed by atoms with Crippen LogP contribution in [-0.2, 0) is 29.0 Å². The number of benzene rings is 1. The van der Waals surface area contributed by atoms with Crippen molar-refractivity contribution in [3.63, 3.8) is 0 Å². The van der Waals surface area contributed by atoms with E-state index in [0.29, 0.717) is 50.7 Å². The number of hydrogen-bond acceptors (Lipinski definition) is 10. The number of hydrogen-bond donors (Lipinski definition) is 1. The van der Waals surface area contributed by atoms with E-state index < -0.39 is 17.8 Å². The van der Waals surface area contributed by atoms with Gasteiger partial charge in [-0.15, -0.1) is 0 Å². The van der Waals surface area contributed by atoms with Gasteiger partial charge < -0.3 is 34.6 Å². The van der Waals surface area contributed by atoms with Gasteiger partial charge in [-0.05, 0) is 52.0 Å². The fraction of sp³-hybridized carbons (Fsp3) is 0.581. The van der Waals surface area contributed by atoms with Gasteiger partial charge in [-0.1, -0.05) is 30.3 Å². The third-order valence-corrected chi connectivity index (χ3v) is 8.06. The van der Waals surface area contributed by atoms with Gasteiger partial charge >= 0.3 is 18.2 Å². The zero-order chi connectivity index (χ0) is 30.6. The summed E-state index contributed by atoms with van der Waals surface area (Å²) in [6.07, 6.45) is 2.68. The Morgan fingerprint density at radius 3 is 2.56 bits per heavy atom. The van der Waals surface area contributed by atoms with Crippen molar-refractivity contribution < 1.29 is 23.8 Å². The van der Waals surface area contributed by atoms with Crippen LogP contribution in [0.4, 0.5) is 15.4 Å². The molecule has 3 heterocycles. The molecule has 3 aliphatic rings. The Hall–Kier alpha value is -4.11. The van der Waals surface area contributed by atoms with Crippen molar-refractivity contribution in [1.82, 2.24) is 19.8 Å². The Labute approximate surface area is 252 Å². The second kappa shape index (κ2) is 12.6. The zero-order valence-electron chi connectivity index (χ0n) is 25.3. The molecule has 2 fully saturated rings. The summed E-state index contributed by atoms with van der Waals surface area (Å²) in [5.74, 6) is 0.698. The number of ether oxygens (including phenoxy) is 3. The van der Waals surface area contributed by atoms with Crippen molar-refractivity contribution in [2.75, 3.05) is 37.7 Å². The lowest BCUT2D eigenvalue weighted by atomic mass is 9.78. The standard InChI is InChI=1S/C31H41N7O5/c1-30(2,3)43-28(39)37-15-11-24-25(19-37)34-27(42-21-31(33)12-7-13-31)35-26(24)36-16-17-38(23(18-36)10-14-32)29(40)41-20-22-8-5-4-6-9-22/h4-6,8-9,23H,7,10-13,15-21,33H2,1-3H3/t23-/m0/s1. The topological polar surface area (TPSA) is 147 Å². The Balaban J connectivity index is 1.35. The van der Waals surface area contributed by atoms with Crippen LogP contribution in [0.25, 0.3) is 0 Å². The van der Waals surface area contributed by atoms with Crippen molar-refractivity contribution in [3.05, 3.63) is 47.2 Å². The molecule has 5 rings (SSSR count). The highest BCUT2D eigenvalue weighted by Gasteiger charge is 2.37. The van der Waals surface area contributed by atoms with E-state index >= 15 is 0 Å². The largest absolute Gasteiger partial charge is 0.461 e. The van der Waals surface area contributed by atoms with Crippen LogP contribution in [-0.4, -0.2) is 81.9 Å². The predicted molar refractivity (Wildman–Crippen MR) is 158 cm³/mol. The van der Waals surface area contributed by atoms with Crippen LogP contribution in [0, 0.1) is 11.3 Å². The van der Waals surface area contributed by atoms with E-state index in [2.05, 4.69) is 11.0 Å². The van der Waals surface area contributed by atoms with Gasteiger partial charge in [-0.2, -0.15) is 15.2 Å². The SMILES string of the molecule is CC(C)(C)OC(=O)N1CCc2c(nc(OCC3(N)CCC3)nc2N2CCN(C(=O)OCc3ccccc3)[C@@H](CC#N)C2)C1. The number of piperazine rings is 1. The van der Waals surface area contributed by atoms with Gasteiger partial charge in [0.05, 0.1) is 36.3 Å². The molecule has 2 N–H and O–H groups in total. The summed E-state index contributed by atoms with van der Waals surface area (Å²) in [6, 6.07) is 11.5. The molecule has 1 aliphatic carbocycles. The molecular weight excluding hydrogens is 550 g/mol. The van der Waals surface area contributed by atoms with E-state index in [0.717, 1.165) is 30.4 Å². The molecule has 230 valence electrons. The van der Waals surface area contributed by atoms with Crippen molar-refractivity contribution in [1.29, 1.82) is 5.26 Å². The molecule has 1 aromatic carbocycles. The van der Waals surface area contributed by atoms with E-state index in [1.165, 1.54) is 0 Å². The number of fused-ring (bicyclic) bond motifs is 1. The number of nitriles is 1. The summed E-state index contributed by atoms with van der Waals surface area (Å²) < 4.78 is 17.3. The van der Waals surface area contributed by atoms with Gasteiger partial charge in [0.2, 0.25) is 0 Å². The average Bonchev–Trinajstić information content (AvgIpc) is 2.97. The van der Waals surface area contributed by atoms with Gasteiger partial charge in [0, 0.05) is 31.7 Å². The normalized spacial score (nSPS) is 19.5. The molecule has 0 radical (unpaired) electrons. The minimum atomic E-state index is -0.613. The number of carbonyl (C=O) groups is 2. The lowest BCUT2D eigenvalue weighted by Gasteiger charge is -2.42. The van der Waals surface area contributed by atoms with Crippen molar-refractivity contribution in [2.45, 2.75) is 83.2 Å². The summed E-state index contributed by atoms with van der Waals surface area (Å²) in [5, 5.41) is 9.60. The monoisotopic (exact) mass is 591 g/mol. The second-order valence-corrected chi connectivity index (χ2v) is 12.6. The Morgan fingerprint density at radius 2 is 1.88 bits per heavy atom. The van der Waals surface area contributed by atoms with E-state index in [1.54, 1.807) is 9.80 Å². The fourth-order valence-corrected chi connectivity index (χ4v) is 5.55. The molecule has 1 atom stereocenters. The minimum Gasteiger partial charge on any atom is -0.461 e. The zero-order valence-corrected chi connectivity index (χ0v) is 25.3. The summed E-state index contributed by atoms with van der Waals surface area (Å²) >= 11 is 0. The van der Waals surface area contributed by atoms with Crippen LogP contribution < -0.4 is 15.4 Å². The number of nitrogens with zero attached hydrogens (tertiary/aromatic N) is 6. The molecule has 0 unspecified atom stereocenters. The number of amides is 2. The number of aromatic nitrogens is 2. The van der Waals surface area contributed by atoms with Crippen molar-refractivity contribution in [3.8, 4) is 12.1 Å². The third kappa shape index (κ3) is 7.46. The number of anilines is 1. The smallest absolute Gasteiger partial charge is 0.410 e. The molecule has 2 amide bonds. The van der Waals surface area contributed by atoms with Gasteiger partial charge in [0.15, 0.2) is 0 Å². The molecule has 0 spiro atoms. The van der Waals surface area contributed by atoms with Gasteiger partial charge in [0.1, 0.15) is 24.6 Å². The predicted octanol–water partition coefficient (Wildman–Crippen LogP) is 3.77. The number of rotatable bonds is 7. The number of nitrogens with two attached hydrogens (primary N) is 1. The Bertz CT molecular complexity index is 1350. The fourth-order valence-electron chi connectivity index (χ4n) is 5.55. The van der Waals surface area contributed by atoms with Crippen molar-refractivity contribution in [2.24, 2.45) is 5.73 Å². The highest BCUT2D eigenvalue weighted by molar-refractivity contribution is 5.70. The van der Waals surface area contributed by atoms with Crippen LogP contribution in [0.15, 0.2) is 30.3 Å². The molecule has 2 aromatic rings. The van der Waals surface area contributed by atoms with E-state index in [-0.39, 0.29) is 37.2 Å². The third-order valence-electron chi connectivity index (χ3n) is 8.06. The first-order chi connectivity index (χ1) is 20.5. The maximum Gasteiger partial charge on any atom is 0.410 e. The average molecular weight is 592 g/mol. The minimum absolute atomic E-state index is 0.148. The van der Waals surface area contributed by atoms with E-state index in [4.69, 9.17) is 29.9 Å².